The van der Waals surface area contributed by atoms with Crippen molar-refractivity contribution in [2.75, 3.05) is 0 Å². The van der Waals surface area contributed by atoms with E-state index in [4.69, 9.17) is 0 Å². The van der Waals surface area contributed by atoms with Crippen molar-refractivity contribution in [1.29, 1.82) is 0 Å². The van der Waals surface area contributed by atoms with Gasteiger partial charge in [-0.3, -0.25) is 0 Å². The maximum absolute atomic E-state index is 2.48. The Morgan fingerprint density at radius 1 is 0.382 bits per heavy atom. The highest BCUT2D eigenvalue weighted by atomic mass is 15.0. The minimum absolute atomic E-state index is 0.387. The average Bonchev–Trinajstić information content (AvgIpc) is 3.75. The average molecular weight is 700 g/mol. The van der Waals surface area contributed by atoms with Gasteiger partial charge in [-0.2, -0.15) is 0 Å². The van der Waals surface area contributed by atoms with Crippen LogP contribution in [-0.2, 0) is 11.8 Å². The minimum Gasteiger partial charge on any atom is -0.309 e. The Morgan fingerprint density at radius 2 is 0.982 bits per heavy atom. The van der Waals surface area contributed by atoms with Crippen LogP contribution in [-0.4, -0.2) is 4.57 Å². The van der Waals surface area contributed by atoms with Crippen LogP contribution in [0.2, 0.25) is 0 Å². The van der Waals surface area contributed by atoms with E-state index in [2.05, 4.69) is 217 Å². The molecule has 0 spiro atoms. The van der Waals surface area contributed by atoms with Crippen LogP contribution < -0.4 is 0 Å². The Bertz CT molecular complexity index is 2990. The molecule has 1 aliphatic rings. The molecule has 10 aromatic rings. The summed E-state index contributed by atoms with van der Waals surface area (Å²) in [6.45, 7) is 0. The molecule has 258 valence electrons. The zero-order valence-electron chi connectivity index (χ0n) is 30.4. The Labute approximate surface area is 321 Å². The van der Waals surface area contributed by atoms with Gasteiger partial charge < -0.3 is 4.57 Å². The highest BCUT2D eigenvalue weighted by molar-refractivity contribution is 6.19. The number of fused-ring (bicyclic) bond motifs is 8. The highest BCUT2D eigenvalue weighted by Crippen LogP contribution is 2.56. The number of hydrogen-bond donors (Lipinski definition) is 0. The van der Waals surface area contributed by atoms with Gasteiger partial charge in [-0.05, 0) is 85.6 Å². The van der Waals surface area contributed by atoms with Gasteiger partial charge in [0.05, 0.1) is 16.4 Å². The van der Waals surface area contributed by atoms with Crippen molar-refractivity contribution >= 4 is 32.6 Å². The second kappa shape index (κ2) is 12.6. The summed E-state index contributed by atoms with van der Waals surface area (Å²) in [7, 11) is 0. The van der Waals surface area contributed by atoms with E-state index in [-0.39, 0.29) is 5.41 Å². The molecule has 0 saturated heterocycles. The maximum Gasteiger partial charge on any atom is 0.0713 e. The van der Waals surface area contributed by atoms with Crippen LogP contribution in [0.15, 0.2) is 212 Å². The van der Waals surface area contributed by atoms with E-state index in [9.17, 15) is 0 Å². The van der Waals surface area contributed by atoms with Gasteiger partial charge in [0.25, 0.3) is 0 Å². The minimum atomic E-state index is -0.387. The van der Waals surface area contributed by atoms with Crippen molar-refractivity contribution in [3.8, 4) is 27.9 Å². The normalized spacial score (nSPS) is 12.9. The quantitative estimate of drug-likeness (QED) is 0.163. The summed E-state index contributed by atoms with van der Waals surface area (Å²) in [4.78, 5) is 0. The topological polar surface area (TPSA) is 4.93 Å². The van der Waals surface area contributed by atoms with E-state index < -0.39 is 0 Å². The van der Waals surface area contributed by atoms with E-state index in [1.54, 1.807) is 0 Å². The summed E-state index contributed by atoms with van der Waals surface area (Å²) >= 11 is 0. The van der Waals surface area contributed by atoms with E-state index >= 15 is 0 Å². The Morgan fingerprint density at radius 3 is 1.75 bits per heavy atom. The van der Waals surface area contributed by atoms with E-state index in [1.807, 2.05) is 0 Å². The third-order valence-corrected chi connectivity index (χ3v) is 11.9. The number of para-hydroxylation sites is 1. The molecular weight excluding hydrogens is 663 g/mol. The van der Waals surface area contributed by atoms with Crippen molar-refractivity contribution in [1.82, 2.24) is 4.57 Å². The first-order valence-electron chi connectivity index (χ1n) is 19.2. The number of aromatic nitrogens is 1. The molecule has 0 amide bonds. The molecule has 1 nitrogen and oxygen atoms in total. The van der Waals surface area contributed by atoms with Gasteiger partial charge in [-0.25, -0.2) is 0 Å². The fourth-order valence-corrected chi connectivity index (χ4v) is 9.46. The largest absolute Gasteiger partial charge is 0.309 e. The van der Waals surface area contributed by atoms with Gasteiger partial charge in [-0.1, -0.05) is 194 Å². The second-order valence-electron chi connectivity index (χ2n) is 14.9. The van der Waals surface area contributed by atoms with Crippen LogP contribution in [0, 0.1) is 0 Å². The lowest BCUT2D eigenvalue weighted by Crippen LogP contribution is -2.28. The molecule has 0 radical (unpaired) electrons. The summed E-state index contributed by atoms with van der Waals surface area (Å²) in [6, 6.07) is 78.5. The molecule has 1 aromatic heterocycles. The van der Waals surface area contributed by atoms with Gasteiger partial charge in [0.2, 0.25) is 0 Å². The lowest BCUT2D eigenvalue weighted by atomic mass is 9.67. The monoisotopic (exact) mass is 699 g/mol. The lowest BCUT2D eigenvalue weighted by Gasteiger charge is -2.34. The van der Waals surface area contributed by atoms with Gasteiger partial charge >= 0.3 is 0 Å². The molecule has 1 heterocycles. The third kappa shape index (κ3) is 4.87. The summed E-state index contributed by atoms with van der Waals surface area (Å²) in [6.07, 6.45) is 0.859. The molecule has 1 aliphatic carbocycles. The Balaban J connectivity index is 0.990. The Hall–Kier alpha value is -6.96. The SMILES string of the molecule is c1ccc(-n2c3cc(-c4ccc(Cc5ccc6c(c5)C(c5ccccc5)(c5ccccc5)c5ccccc5-6)cc4)ccc3c3ccc4ccccc4c32)cc1. The van der Waals surface area contributed by atoms with Gasteiger partial charge in [0, 0.05) is 21.8 Å². The molecule has 0 unspecified atom stereocenters. The molecule has 9 aromatic carbocycles. The van der Waals surface area contributed by atoms with Crippen LogP contribution in [0.3, 0.4) is 0 Å². The third-order valence-electron chi connectivity index (χ3n) is 11.9. The van der Waals surface area contributed by atoms with E-state index in [0.29, 0.717) is 0 Å². The highest BCUT2D eigenvalue weighted by Gasteiger charge is 2.45. The van der Waals surface area contributed by atoms with Crippen LogP contribution in [0.5, 0.6) is 0 Å². The predicted molar refractivity (Wildman–Crippen MR) is 230 cm³/mol. The standard InChI is InChI=1S/C54H37N/c1-4-15-42(16-5-1)54(43-17-6-2-7-18-43)50-23-13-12-22-46(50)47-31-26-38(35-51(47)54)34-37-24-27-39(28-25-37)41-30-32-48-49-33-29-40-14-10-11-21-45(40)53(49)55(52(48)36-41)44-19-8-3-9-20-44/h1-33,35-36H,34H2. The molecule has 0 bridgehead atoms. The zero-order chi connectivity index (χ0) is 36.3. The number of nitrogens with zero attached hydrogens (tertiary/aromatic N) is 1. The lowest BCUT2D eigenvalue weighted by molar-refractivity contribution is 0.767. The summed E-state index contributed by atoms with van der Waals surface area (Å²) in [5, 5.41) is 5.07. The molecule has 0 atom stereocenters. The molecule has 0 saturated carbocycles. The Kier molecular flexibility index (Phi) is 7.22. The van der Waals surface area contributed by atoms with Crippen molar-refractivity contribution < 1.29 is 0 Å². The van der Waals surface area contributed by atoms with Crippen LogP contribution in [0.1, 0.15) is 33.4 Å². The van der Waals surface area contributed by atoms with E-state index in [1.165, 1.54) is 93.9 Å². The summed E-state index contributed by atoms with van der Waals surface area (Å²) < 4.78 is 2.45. The number of rotatable bonds is 6. The number of benzene rings is 9. The zero-order valence-corrected chi connectivity index (χ0v) is 30.4. The van der Waals surface area contributed by atoms with Gasteiger partial charge in [-0.15, -0.1) is 0 Å². The van der Waals surface area contributed by atoms with Gasteiger partial charge in [0.15, 0.2) is 0 Å². The van der Waals surface area contributed by atoms with Gasteiger partial charge in [0.1, 0.15) is 0 Å². The molecule has 0 fully saturated rings. The van der Waals surface area contributed by atoms with Crippen molar-refractivity contribution in [2.24, 2.45) is 0 Å². The fraction of sp³-hybridized carbons (Fsp3) is 0.0370. The summed E-state index contributed by atoms with van der Waals surface area (Å²) in [5.74, 6) is 0. The van der Waals surface area contributed by atoms with Crippen LogP contribution in [0.25, 0.3) is 60.5 Å². The van der Waals surface area contributed by atoms with Crippen molar-refractivity contribution in [3.63, 3.8) is 0 Å². The maximum atomic E-state index is 2.48. The van der Waals surface area contributed by atoms with E-state index in [0.717, 1.165) is 6.42 Å². The number of hydrogen-bond acceptors (Lipinski definition) is 0. The molecule has 1 heteroatoms. The molecule has 11 rings (SSSR count). The summed E-state index contributed by atoms with van der Waals surface area (Å²) in [5.41, 5.74) is 16.3. The molecule has 55 heavy (non-hydrogen) atoms. The second-order valence-corrected chi connectivity index (χ2v) is 14.9. The first-order valence-corrected chi connectivity index (χ1v) is 19.2. The van der Waals surface area contributed by atoms with Crippen molar-refractivity contribution in [3.05, 3.63) is 246 Å². The smallest absolute Gasteiger partial charge is 0.0713 e. The molecular formula is C54H37N. The molecule has 0 N–H and O–H groups in total. The first kappa shape index (κ1) is 31.6. The van der Waals surface area contributed by atoms with Crippen LogP contribution >= 0.6 is 0 Å². The first-order chi connectivity index (χ1) is 27.3. The fourth-order valence-electron chi connectivity index (χ4n) is 9.46. The van der Waals surface area contributed by atoms with Crippen LogP contribution in [0.4, 0.5) is 0 Å². The predicted octanol–water partition coefficient (Wildman–Crippen LogP) is 13.6. The van der Waals surface area contributed by atoms with Crippen molar-refractivity contribution in [2.45, 2.75) is 11.8 Å². The molecule has 0 aliphatic heterocycles.